The Labute approximate surface area is 227 Å². The number of methoxy groups -OCH3 is 2. The van der Waals surface area contributed by atoms with Gasteiger partial charge in [0.15, 0.2) is 11.5 Å². The van der Waals surface area contributed by atoms with Gasteiger partial charge in [-0.15, -0.1) is 0 Å². The Hall–Kier alpha value is -4.53. The number of carbonyl (C=O) groups is 2. The van der Waals surface area contributed by atoms with Gasteiger partial charge in [-0.25, -0.2) is 4.98 Å². The number of nitrogens with zero attached hydrogens (tertiary/aromatic N) is 2. The van der Waals surface area contributed by atoms with E-state index >= 15 is 0 Å². The molecule has 2 aromatic heterocycles. The molecular formula is C30H34N4O5. The van der Waals surface area contributed by atoms with Crippen molar-refractivity contribution in [3.8, 4) is 22.8 Å². The van der Waals surface area contributed by atoms with Crippen LogP contribution in [0.15, 0.2) is 60.8 Å². The monoisotopic (exact) mass is 530 g/mol. The third-order valence-corrected chi connectivity index (χ3v) is 6.20. The van der Waals surface area contributed by atoms with Crippen molar-refractivity contribution in [2.24, 2.45) is 0 Å². The molecule has 2 heterocycles. The maximum absolute atomic E-state index is 13.3. The lowest BCUT2D eigenvalue weighted by Gasteiger charge is -2.23. The fraction of sp³-hybridized carbons (Fsp3) is 0.300. The highest BCUT2D eigenvalue weighted by molar-refractivity contribution is 5.96. The van der Waals surface area contributed by atoms with Gasteiger partial charge in [-0.3, -0.25) is 14.0 Å². The molecule has 1 amide bonds. The van der Waals surface area contributed by atoms with Gasteiger partial charge < -0.3 is 25.2 Å². The number of nitrogens with one attached hydrogen (secondary N) is 2. The third kappa shape index (κ3) is 6.31. The van der Waals surface area contributed by atoms with Crippen LogP contribution in [0.1, 0.15) is 54.7 Å². The Kier molecular flexibility index (Phi) is 7.80. The first kappa shape index (κ1) is 27.5. The molecule has 4 rings (SSSR count). The highest BCUT2D eigenvalue weighted by Crippen LogP contribution is 2.36. The average molecular weight is 531 g/mol. The summed E-state index contributed by atoms with van der Waals surface area (Å²) in [5, 5.41) is 15.9. The second kappa shape index (κ2) is 11.1. The van der Waals surface area contributed by atoms with Crippen LogP contribution in [0.2, 0.25) is 0 Å². The number of aryl methyl sites for hydroxylation is 1. The maximum Gasteiger partial charge on any atom is 0.305 e. The number of ether oxygens (including phenoxy) is 2. The summed E-state index contributed by atoms with van der Waals surface area (Å²) in [6, 6.07) is 15.8. The lowest BCUT2D eigenvalue weighted by Crippen LogP contribution is -2.30. The van der Waals surface area contributed by atoms with Crippen molar-refractivity contribution >= 4 is 23.3 Å². The summed E-state index contributed by atoms with van der Waals surface area (Å²) in [7, 11) is 3.17. The standard InChI is InChI=1S/C30H34N4O5/c1-18-7-9-19(10-8-18)22(17-26(35)36)31-29(37)21-13-14-34-25(16-21)32-27(28(34)33-30(2,3)4)20-11-12-23(38-5)24(15-20)39-6/h7-16,22,33H,17H2,1-6H3,(H,31,37)(H,35,36). The number of fused-ring (bicyclic) bond motifs is 1. The first-order valence-corrected chi connectivity index (χ1v) is 12.6. The first-order valence-electron chi connectivity index (χ1n) is 12.6. The number of aromatic nitrogens is 2. The molecule has 9 nitrogen and oxygen atoms in total. The largest absolute Gasteiger partial charge is 0.493 e. The molecule has 0 saturated carbocycles. The van der Waals surface area contributed by atoms with Gasteiger partial charge in [-0.1, -0.05) is 29.8 Å². The molecule has 2 aromatic carbocycles. The van der Waals surface area contributed by atoms with Gasteiger partial charge >= 0.3 is 5.97 Å². The molecule has 3 N–H and O–H groups in total. The smallest absolute Gasteiger partial charge is 0.305 e. The average Bonchev–Trinajstić information content (AvgIpc) is 3.24. The van der Waals surface area contributed by atoms with Gasteiger partial charge in [0.05, 0.1) is 26.7 Å². The van der Waals surface area contributed by atoms with Crippen molar-refractivity contribution < 1.29 is 24.2 Å². The lowest BCUT2D eigenvalue weighted by molar-refractivity contribution is -0.137. The molecular weight excluding hydrogens is 496 g/mol. The molecule has 1 unspecified atom stereocenters. The molecule has 9 heteroatoms. The maximum atomic E-state index is 13.3. The number of carboxylic acids is 1. The molecule has 0 saturated heterocycles. The number of hydrogen-bond acceptors (Lipinski definition) is 6. The van der Waals surface area contributed by atoms with Gasteiger partial charge in [0, 0.05) is 22.9 Å². The molecule has 204 valence electrons. The van der Waals surface area contributed by atoms with Crippen molar-refractivity contribution in [1.29, 1.82) is 0 Å². The van der Waals surface area contributed by atoms with Crippen LogP contribution < -0.4 is 20.1 Å². The number of amides is 1. The fourth-order valence-corrected chi connectivity index (χ4v) is 4.31. The molecule has 0 fully saturated rings. The van der Waals surface area contributed by atoms with E-state index in [0.717, 1.165) is 22.5 Å². The van der Waals surface area contributed by atoms with Crippen molar-refractivity contribution in [2.75, 3.05) is 19.5 Å². The summed E-state index contributed by atoms with van der Waals surface area (Å²) < 4.78 is 12.8. The number of anilines is 1. The van der Waals surface area contributed by atoms with Crippen LogP contribution in [-0.4, -0.2) is 46.1 Å². The van der Waals surface area contributed by atoms with Gasteiger partial charge in [0.2, 0.25) is 0 Å². The van der Waals surface area contributed by atoms with Gasteiger partial charge in [-0.05, 0) is 63.6 Å². The summed E-state index contributed by atoms with van der Waals surface area (Å²) in [6.07, 6.45) is 1.55. The zero-order chi connectivity index (χ0) is 28.3. The molecule has 0 aliphatic rings. The normalized spacial score (nSPS) is 12.2. The Morgan fingerprint density at radius 3 is 2.31 bits per heavy atom. The minimum atomic E-state index is -0.998. The SMILES string of the molecule is COc1ccc(-c2nc3cc(C(=O)NC(CC(=O)O)c4ccc(C)cc4)ccn3c2NC(C)(C)C)cc1OC. The van der Waals surface area contributed by atoms with Crippen LogP contribution in [0, 0.1) is 6.92 Å². The van der Waals surface area contributed by atoms with Crippen molar-refractivity contribution in [3.63, 3.8) is 0 Å². The van der Waals surface area contributed by atoms with E-state index in [1.54, 1.807) is 32.5 Å². The summed E-state index contributed by atoms with van der Waals surface area (Å²) in [5.74, 6) is 0.570. The van der Waals surface area contributed by atoms with E-state index in [-0.39, 0.29) is 17.9 Å². The second-order valence-electron chi connectivity index (χ2n) is 10.4. The number of pyridine rings is 1. The van der Waals surface area contributed by atoms with Crippen molar-refractivity contribution in [1.82, 2.24) is 14.7 Å². The first-order chi connectivity index (χ1) is 18.5. The minimum absolute atomic E-state index is 0.233. The highest BCUT2D eigenvalue weighted by atomic mass is 16.5. The quantitative estimate of drug-likeness (QED) is 0.262. The third-order valence-electron chi connectivity index (χ3n) is 6.20. The molecule has 39 heavy (non-hydrogen) atoms. The Bertz CT molecular complexity index is 1500. The summed E-state index contributed by atoms with van der Waals surface area (Å²) >= 11 is 0. The molecule has 0 aliphatic heterocycles. The number of carboxylic acid groups (broad SMARTS) is 1. The van der Waals surface area contributed by atoms with E-state index in [2.05, 4.69) is 31.4 Å². The molecule has 0 bridgehead atoms. The minimum Gasteiger partial charge on any atom is -0.493 e. The zero-order valence-corrected chi connectivity index (χ0v) is 23.0. The van der Waals surface area contributed by atoms with Crippen molar-refractivity contribution in [3.05, 3.63) is 77.5 Å². The Morgan fingerprint density at radius 1 is 1.00 bits per heavy atom. The summed E-state index contributed by atoms with van der Waals surface area (Å²) in [5.41, 5.74) is 3.94. The predicted molar refractivity (Wildman–Crippen MR) is 151 cm³/mol. The number of hydrogen-bond donors (Lipinski definition) is 3. The number of carbonyl (C=O) groups excluding carboxylic acids is 1. The Balaban J connectivity index is 1.73. The fourth-order valence-electron chi connectivity index (χ4n) is 4.31. The van der Waals surface area contributed by atoms with Gasteiger partial charge in [0.25, 0.3) is 5.91 Å². The summed E-state index contributed by atoms with van der Waals surface area (Å²) in [6.45, 7) is 8.12. The second-order valence-corrected chi connectivity index (χ2v) is 10.4. The van der Waals surface area contributed by atoms with E-state index in [4.69, 9.17) is 14.5 Å². The molecule has 4 aromatic rings. The number of rotatable bonds is 9. The van der Waals surface area contributed by atoms with Crippen molar-refractivity contribution in [2.45, 2.75) is 45.7 Å². The summed E-state index contributed by atoms with van der Waals surface area (Å²) in [4.78, 5) is 29.7. The number of benzene rings is 2. The predicted octanol–water partition coefficient (Wildman–Crippen LogP) is 5.48. The van der Waals surface area contributed by atoms with Crippen LogP contribution in [0.4, 0.5) is 5.82 Å². The topological polar surface area (TPSA) is 114 Å². The lowest BCUT2D eigenvalue weighted by atomic mass is 10.0. The van der Waals surface area contributed by atoms with Gasteiger partial charge in [-0.2, -0.15) is 0 Å². The highest BCUT2D eigenvalue weighted by Gasteiger charge is 2.23. The van der Waals surface area contributed by atoms with Gasteiger partial charge in [0.1, 0.15) is 17.2 Å². The van der Waals surface area contributed by atoms with Crippen LogP contribution in [0.3, 0.4) is 0 Å². The van der Waals surface area contributed by atoms with Crippen LogP contribution in [-0.2, 0) is 4.79 Å². The van der Waals surface area contributed by atoms with Crippen LogP contribution in [0.5, 0.6) is 11.5 Å². The van der Waals surface area contributed by atoms with E-state index in [9.17, 15) is 14.7 Å². The van der Waals surface area contributed by atoms with Crippen LogP contribution in [0.25, 0.3) is 16.9 Å². The molecule has 1 atom stereocenters. The number of aliphatic carboxylic acids is 1. The molecule has 0 spiro atoms. The zero-order valence-electron chi connectivity index (χ0n) is 23.0. The van der Waals surface area contributed by atoms with E-state index in [1.807, 2.05) is 53.8 Å². The Morgan fingerprint density at radius 2 is 1.69 bits per heavy atom. The van der Waals surface area contributed by atoms with E-state index < -0.39 is 12.0 Å². The van der Waals surface area contributed by atoms with Crippen LogP contribution >= 0.6 is 0 Å². The van der Waals surface area contributed by atoms with E-state index in [1.165, 1.54) is 0 Å². The molecule has 0 aliphatic carbocycles. The van der Waals surface area contributed by atoms with E-state index in [0.29, 0.717) is 28.4 Å². The number of imidazole rings is 1. The molecule has 0 radical (unpaired) electrons.